The van der Waals surface area contributed by atoms with E-state index in [0.29, 0.717) is 22.1 Å². The average Bonchev–Trinajstić information content (AvgIpc) is 3.36. The lowest BCUT2D eigenvalue weighted by atomic mass is 10.1. The SMILES string of the molecule is Oc1cc(Cl)cc(-c2noc(-c3cc(-c4cnc5[nH]ccc5c4)ccn3)n2)c1. The molecule has 4 aromatic heterocycles. The Kier molecular flexibility index (Phi) is 3.80. The molecule has 0 spiro atoms. The number of benzene rings is 1. The zero-order valence-electron chi connectivity index (χ0n) is 14.3. The van der Waals surface area contributed by atoms with E-state index in [-0.39, 0.29) is 11.6 Å². The molecule has 28 heavy (non-hydrogen) atoms. The molecule has 1 aromatic carbocycles. The van der Waals surface area contributed by atoms with Gasteiger partial charge in [-0.1, -0.05) is 16.8 Å². The van der Waals surface area contributed by atoms with Crippen LogP contribution in [0.3, 0.4) is 0 Å². The molecule has 5 aromatic rings. The normalized spacial score (nSPS) is 11.2. The van der Waals surface area contributed by atoms with Gasteiger partial charge in [-0.05, 0) is 48.0 Å². The number of phenols is 1. The van der Waals surface area contributed by atoms with Gasteiger partial charge in [0.1, 0.15) is 17.1 Å². The molecule has 0 atom stereocenters. The van der Waals surface area contributed by atoms with Crippen LogP contribution in [0, 0.1) is 0 Å². The van der Waals surface area contributed by atoms with Crippen LogP contribution < -0.4 is 0 Å². The highest BCUT2D eigenvalue weighted by Crippen LogP contribution is 2.29. The third-order valence-corrected chi connectivity index (χ3v) is 4.50. The Labute approximate surface area is 163 Å². The standard InChI is InChI=1S/C20H12ClN5O2/c21-15-6-13(7-16(27)9-15)19-25-20(28-26-19)17-8-11(1-3-22-17)14-5-12-2-4-23-18(12)24-10-14/h1-10,27H,(H,23,24). The number of rotatable bonds is 3. The molecule has 0 fully saturated rings. The molecule has 0 amide bonds. The van der Waals surface area contributed by atoms with E-state index in [0.717, 1.165) is 22.2 Å². The molecule has 0 saturated heterocycles. The van der Waals surface area contributed by atoms with E-state index in [1.807, 2.05) is 30.5 Å². The van der Waals surface area contributed by atoms with Crippen LogP contribution in [0.1, 0.15) is 0 Å². The second kappa shape index (κ2) is 6.47. The van der Waals surface area contributed by atoms with Gasteiger partial charge in [0, 0.05) is 40.1 Å². The molecule has 5 rings (SSSR count). The maximum atomic E-state index is 9.71. The number of H-pyrrole nitrogens is 1. The Bertz CT molecular complexity index is 1290. The van der Waals surface area contributed by atoms with Crippen LogP contribution in [0.15, 0.2) is 65.6 Å². The molecule has 0 aliphatic heterocycles. The third-order valence-electron chi connectivity index (χ3n) is 4.28. The zero-order valence-corrected chi connectivity index (χ0v) is 15.1. The average molecular weight is 390 g/mol. The summed E-state index contributed by atoms with van der Waals surface area (Å²) in [6.45, 7) is 0. The fourth-order valence-corrected chi connectivity index (χ4v) is 3.20. The van der Waals surface area contributed by atoms with E-state index in [9.17, 15) is 5.11 Å². The summed E-state index contributed by atoms with van der Waals surface area (Å²) in [4.78, 5) is 16.2. The lowest BCUT2D eigenvalue weighted by molar-refractivity contribution is 0.431. The fourth-order valence-electron chi connectivity index (χ4n) is 2.97. The number of pyridine rings is 2. The first-order chi connectivity index (χ1) is 13.7. The van der Waals surface area contributed by atoms with Gasteiger partial charge in [0.05, 0.1) is 0 Å². The van der Waals surface area contributed by atoms with Crippen molar-refractivity contribution < 1.29 is 9.63 Å². The lowest BCUT2D eigenvalue weighted by Crippen LogP contribution is -1.87. The van der Waals surface area contributed by atoms with Gasteiger partial charge in [0.25, 0.3) is 5.89 Å². The largest absolute Gasteiger partial charge is 0.508 e. The summed E-state index contributed by atoms with van der Waals surface area (Å²) < 4.78 is 5.36. The molecule has 4 heterocycles. The summed E-state index contributed by atoms with van der Waals surface area (Å²) in [5.74, 6) is 0.615. The Hall–Kier alpha value is -3.71. The minimum atomic E-state index is 0.0293. The lowest BCUT2D eigenvalue weighted by Gasteiger charge is -2.02. The van der Waals surface area contributed by atoms with Crippen LogP contribution >= 0.6 is 11.6 Å². The van der Waals surface area contributed by atoms with Gasteiger partial charge in [0.2, 0.25) is 5.82 Å². The smallest absolute Gasteiger partial charge is 0.276 e. The molecule has 0 unspecified atom stereocenters. The first-order valence-electron chi connectivity index (χ1n) is 8.39. The van der Waals surface area contributed by atoms with Crippen molar-refractivity contribution in [2.24, 2.45) is 0 Å². The molecule has 8 heteroatoms. The van der Waals surface area contributed by atoms with Gasteiger partial charge < -0.3 is 14.6 Å². The van der Waals surface area contributed by atoms with Gasteiger partial charge in [-0.3, -0.25) is 4.98 Å². The molecule has 0 bridgehead atoms. The third kappa shape index (κ3) is 2.97. The molecule has 0 radical (unpaired) electrons. The first kappa shape index (κ1) is 16.5. The van der Waals surface area contributed by atoms with Crippen molar-refractivity contribution in [2.45, 2.75) is 0 Å². The van der Waals surface area contributed by atoms with Gasteiger partial charge >= 0.3 is 0 Å². The van der Waals surface area contributed by atoms with Crippen LogP contribution in [0.5, 0.6) is 5.75 Å². The number of nitrogens with one attached hydrogen (secondary N) is 1. The zero-order chi connectivity index (χ0) is 19.1. The van der Waals surface area contributed by atoms with Crippen LogP contribution in [0.2, 0.25) is 5.02 Å². The number of aromatic amines is 1. The number of hydrogen-bond donors (Lipinski definition) is 2. The van der Waals surface area contributed by atoms with Crippen molar-refractivity contribution in [3.63, 3.8) is 0 Å². The van der Waals surface area contributed by atoms with Gasteiger partial charge in [-0.15, -0.1) is 0 Å². The van der Waals surface area contributed by atoms with E-state index < -0.39 is 0 Å². The molecule has 0 saturated carbocycles. The summed E-state index contributed by atoms with van der Waals surface area (Å²) in [5, 5.41) is 15.1. The second-order valence-electron chi connectivity index (χ2n) is 6.19. The van der Waals surface area contributed by atoms with Crippen molar-refractivity contribution in [3.05, 3.63) is 66.1 Å². The Balaban J connectivity index is 1.52. The maximum Gasteiger partial charge on any atom is 0.276 e. The predicted molar refractivity (Wildman–Crippen MR) is 105 cm³/mol. The van der Waals surface area contributed by atoms with Crippen molar-refractivity contribution in [1.82, 2.24) is 25.1 Å². The quantitative estimate of drug-likeness (QED) is 0.463. The molecule has 136 valence electrons. The molecular formula is C20H12ClN5O2. The Morgan fingerprint density at radius 3 is 2.79 bits per heavy atom. The summed E-state index contributed by atoms with van der Waals surface area (Å²) in [6, 6.07) is 12.4. The minimum Gasteiger partial charge on any atom is -0.508 e. The van der Waals surface area contributed by atoms with Crippen LogP contribution in [-0.4, -0.2) is 30.2 Å². The summed E-state index contributed by atoms with van der Waals surface area (Å²) >= 11 is 5.98. The van der Waals surface area contributed by atoms with Crippen LogP contribution in [0.25, 0.3) is 45.1 Å². The highest BCUT2D eigenvalue weighted by atomic mass is 35.5. The molecule has 0 aliphatic rings. The van der Waals surface area contributed by atoms with E-state index in [2.05, 4.69) is 25.1 Å². The maximum absolute atomic E-state index is 9.71. The van der Waals surface area contributed by atoms with E-state index >= 15 is 0 Å². The van der Waals surface area contributed by atoms with Crippen molar-refractivity contribution in [1.29, 1.82) is 0 Å². The topological polar surface area (TPSA) is 101 Å². The Morgan fingerprint density at radius 2 is 1.89 bits per heavy atom. The highest BCUT2D eigenvalue weighted by Gasteiger charge is 2.14. The van der Waals surface area contributed by atoms with Crippen LogP contribution in [0.4, 0.5) is 0 Å². The molecule has 2 N–H and O–H groups in total. The number of halogens is 1. The van der Waals surface area contributed by atoms with Gasteiger partial charge in [-0.2, -0.15) is 4.98 Å². The Morgan fingerprint density at radius 1 is 0.964 bits per heavy atom. The number of aromatic nitrogens is 5. The monoisotopic (exact) mass is 389 g/mol. The van der Waals surface area contributed by atoms with Crippen molar-refractivity contribution in [2.75, 3.05) is 0 Å². The number of nitrogens with zero attached hydrogens (tertiary/aromatic N) is 4. The first-order valence-corrected chi connectivity index (χ1v) is 8.77. The molecule has 7 nitrogen and oxygen atoms in total. The summed E-state index contributed by atoms with van der Waals surface area (Å²) in [7, 11) is 0. The molecule has 0 aliphatic carbocycles. The fraction of sp³-hybridized carbons (Fsp3) is 0. The highest BCUT2D eigenvalue weighted by molar-refractivity contribution is 6.31. The van der Waals surface area contributed by atoms with Crippen LogP contribution in [-0.2, 0) is 0 Å². The van der Waals surface area contributed by atoms with E-state index in [4.69, 9.17) is 16.1 Å². The number of phenolic OH excluding ortho intramolecular Hbond substituents is 1. The summed E-state index contributed by atoms with van der Waals surface area (Å²) in [6.07, 6.45) is 5.33. The second-order valence-corrected chi connectivity index (χ2v) is 6.63. The summed E-state index contributed by atoms with van der Waals surface area (Å²) in [5.41, 5.74) is 3.82. The van der Waals surface area contributed by atoms with Crippen molar-refractivity contribution >= 4 is 22.6 Å². The van der Waals surface area contributed by atoms with E-state index in [1.165, 1.54) is 12.1 Å². The van der Waals surface area contributed by atoms with Gasteiger partial charge in [-0.25, -0.2) is 4.98 Å². The van der Waals surface area contributed by atoms with Crippen molar-refractivity contribution in [3.8, 4) is 39.8 Å². The number of aromatic hydroxyl groups is 1. The van der Waals surface area contributed by atoms with Gasteiger partial charge in [0.15, 0.2) is 0 Å². The number of hydrogen-bond acceptors (Lipinski definition) is 6. The molecular weight excluding hydrogens is 378 g/mol. The predicted octanol–water partition coefficient (Wildman–Crippen LogP) is 4.70. The minimum absolute atomic E-state index is 0.0293. The van der Waals surface area contributed by atoms with E-state index in [1.54, 1.807) is 18.5 Å². The number of fused-ring (bicyclic) bond motifs is 1.